The molecular formula is C49H30N4OS. The van der Waals surface area contributed by atoms with Gasteiger partial charge in [0.1, 0.15) is 11.2 Å². The Labute approximate surface area is 320 Å². The van der Waals surface area contributed by atoms with Crippen LogP contribution >= 0.6 is 11.3 Å². The summed E-state index contributed by atoms with van der Waals surface area (Å²) in [6.07, 6.45) is 0. The second kappa shape index (κ2) is 12.8. The molecule has 0 unspecified atom stereocenters. The van der Waals surface area contributed by atoms with Gasteiger partial charge < -0.3 is 9.32 Å². The van der Waals surface area contributed by atoms with E-state index in [-0.39, 0.29) is 0 Å². The quantitative estimate of drug-likeness (QED) is 0.171. The van der Waals surface area contributed by atoms with Crippen LogP contribution in [-0.4, -0.2) is 15.0 Å². The molecule has 0 radical (unpaired) electrons. The van der Waals surface area contributed by atoms with E-state index in [0.717, 1.165) is 66.5 Å². The van der Waals surface area contributed by atoms with Crippen LogP contribution in [0.25, 0.3) is 87.0 Å². The summed E-state index contributed by atoms with van der Waals surface area (Å²) in [7, 11) is 0. The molecule has 6 heteroatoms. The van der Waals surface area contributed by atoms with E-state index in [4.69, 9.17) is 19.4 Å². The molecule has 0 aliphatic carbocycles. The van der Waals surface area contributed by atoms with Gasteiger partial charge in [-0.3, -0.25) is 0 Å². The summed E-state index contributed by atoms with van der Waals surface area (Å²) in [5, 5.41) is 6.70. The Kier molecular flexibility index (Phi) is 7.28. The Morgan fingerprint density at radius 2 is 0.982 bits per heavy atom. The Morgan fingerprint density at radius 3 is 1.69 bits per heavy atom. The van der Waals surface area contributed by atoms with E-state index in [0.29, 0.717) is 17.5 Å². The van der Waals surface area contributed by atoms with Gasteiger partial charge in [0.2, 0.25) is 0 Å². The molecule has 11 aromatic rings. The molecule has 3 aromatic heterocycles. The highest BCUT2D eigenvalue weighted by atomic mass is 32.1. The highest BCUT2D eigenvalue weighted by molar-refractivity contribution is 7.26. The number of thiophene rings is 1. The average molecular weight is 723 g/mol. The molecule has 258 valence electrons. The van der Waals surface area contributed by atoms with E-state index in [1.54, 1.807) is 0 Å². The Bertz CT molecular complexity index is 3150. The first-order chi connectivity index (χ1) is 27.3. The summed E-state index contributed by atoms with van der Waals surface area (Å²) < 4.78 is 9.25. The van der Waals surface area contributed by atoms with Crippen LogP contribution in [0.2, 0.25) is 0 Å². The third-order valence-corrected chi connectivity index (χ3v) is 11.5. The summed E-state index contributed by atoms with van der Waals surface area (Å²) in [5.41, 5.74) is 7.70. The average Bonchev–Trinajstić information content (AvgIpc) is 3.83. The third kappa shape index (κ3) is 5.26. The van der Waals surface area contributed by atoms with Crippen LogP contribution in [0, 0.1) is 0 Å². The van der Waals surface area contributed by atoms with Crippen LogP contribution in [0.5, 0.6) is 0 Å². The fraction of sp³-hybridized carbons (Fsp3) is 0. The van der Waals surface area contributed by atoms with Crippen molar-refractivity contribution in [3.8, 4) is 34.2 Å². The van der Waals surface area contributed by atoms with Crippen molar-refractivity contribution < 1.29 is 4.42 Å². The number of rotatable bonds is 6. The van der Waals surface area contributed by atoms with Gasteiger partial charge in [-0.05, 0) is 48.5 Å². The number of nitrogens with zero attached hydrogens (tertiary/aromatic N) is 4. The van der Waals surface area contributed by atoms with Crippen LogP contribution in [0.3, 0.4) is 0 Å². The van der Waals surface area contributed by atoms with E-state index >= 15 is 0 Å². The zero-order chi connectivity index (χ0) is 36.3. The molecule has 0 fully saturated rings. The van der Waals surface area contributed by atoms with Crippen LogP contribution in [-0.2, 0) is 0 Å². The number of hydrogen-bond acceptors (Lipinski definition) is 6. The summed E-state index contributed by atoms with van der Waals surface area (Å²) in [6.45, 7) is 0. The van der Waals surface area contributed by atoms with Gasteiger partial charge in [0, 0.05) is 59.4 Å². The maximum absolute atomic E-state index is 6.73. The number of fused-ring (bicyclic) bond motifs is 8. The van der Waals surface area contributed by atoms with Crippen LogP contribution in [0.4, 0.5) is 17.1 Å². The molecular weight excluding hydrogens is 693 g/mol. The van der Waals surface area contributed by atoms with Gasteiger partial charge in [-0.15, -0.1) is 11.3 Å². The number of anilines is 3. The SMILES string of the molecule is c1ccc(-c2nc(-c3ccccc3)nc(-c3ccc4oc5c6ccccc6c(N(c6ccccc6)c6cccc7c6sc6ccccc67)cc5c4c3)n2)cc1. The third-order valence-electron chi connectivity index (χ3n) is 10.3. The van der Waals surface area contributed by atoms with Gasteiger partial charge in [-0.2, -0.15) is 0 Å². The minimum Gasteiger partial charge on any atom is -0.455 e. The van der Waals surface area contributed by atoms with Gasteiger partial charge in [0.25, 0.3) is 0 Å². The lowest BCUT2D eigenvalue weighted by molar-refractivity contribution is 0.672. The van der Waals surface area contributed by atoms with E-state index in [1.165, 1.54) is 20.2 Å². The molecule has 0 saturated heterocycles. The normalized spacial score (nSPS) is 11.6. The molecule has 0 saturated carbocycles. The predicted molar refractivity (Wildman–Crippen MR) is 228 cm³/mol. The van der Waals surface area contributed by atoms with E-state index in [9.17, 15) is 0 Å². The molecule has 3 heterocycles. The Morgan fingerprint density at radius 1 is 0.400 bits per heavy atom. The van der Waals surface area contributed by atoms with Gasteiger partial charge in [-0.1, -0.05) is 133 Å². The van der Waals surface area contributed by atoms with Crippen molar-refractivity contribution >= 4 is 81.3 Å². The molecule has 0 N–H and O–H groups in total. The number of benzene rings is 8. The van der Waals surface area contributed by atoms with Crippen molar-refractivity contribution in [2.45, 2.75) is 0 Å². The molecule has 8 aromatic carbocycles. The van der Waals surface area contributed by atoms with Crippen LogP contribution in [0.15, 0.2) is 186 Å². The second-order valence-electron chi connectivity index (χ2n) is 13.6. The summed E-state index contributed by atoms with van der Waals surface area (Å²) >= 11 is 1.84. The zero-order valence-electron chi connectivity index (χ0n) is 29.4. The van der Waals surface area contributed by atoms with Gasteiger partial charge in [-0.25, -0.2) is 15.0 Å². The zero-order valence-corrected chi connectivity index (χ0v) is 30.2. The monoisotopic (exact) mass is 722 g/mol. The van der Waals surface area contributed by atoms with Crippen molar-refractivity contribution in [1.82, 2.24) is 15.0 Å². The molecule has 0 aliphatic heterocycles. The first-order valence-electron chi connectivity index (χ1n) is 18.3. The minimum absolute atomic E-state index is 0.604. The minimum atomic E-state index is 0.604. The Balaban J connectivity index is 1.16. The lowest BCUT2D eigenvalue weighted by Crippen LogP contribution is -2.10. The summed E-state index contributed by atoms with van der Waals surface area (Å²) in [4.78, 5) is 17.4. The summed E-state index contributed by atoms with van der Waals surface area (Å²) in [5.74, 6) is 1.86. The van der Waals surface area contributed by atoms with Gasteiger partial charge >= 0.3 is 0 Å². The smallest absolute Gasteiger partial charge is 0.164 e. The predicted octanol–water partition coefficient (Wildman–Crippen LogP) is 13.8. The van der Waals surface area contributed by atoms with Crippen LogP contribution in [0.1, 0.15) is 0 Å². The molecule has 0 bridgehead atoms. The largest absolute Gasteiger partial charge is 0.455 e. The van der Waals surface area contributed by atoms with Crippen molar-refractivity contribution in [2.75, 3.05) is 4.90 Å². The highest BCUT2D eigenvalue weighted by Gasteiger charge is 2.23. The number of aromatic nitrogens is 3. The first-order valence-corrected chi connectivity index (χ1v) is 19.1. The maximum atomic E-state index is 6.73. The van der Waals surface area contributed by atoms with Crippen molar-refractivity contribution in [2.24, 2.45) is 0 Å². The number of furan rings is 1. The van der Waals surface area contributed by atoms with E-state index in [1.807, 2.05) is 84.1 Å². The van der Waals surface area contributed by atoms with E-state index in [2.05, 4.69) is 114 Å². The molecule has 0 atom stereocenters. The van der Waals surface area contributed by atoms with E-state index < -0.39 is 0 Å². The molecule has 0 spiro atoms. The van der Waals surface area contributed by atoms with Gasteiger partial charge in [0.05, 0.1) is 16.1 Å². The maximum Gasteiger partial charge on any atom is 0.164 e. The molecule has 0 amide bonds. The first kappa shape index (κ1) is 31.4. The Hall–Kier alpha value is -7.15. The topological polar surface area (TPSA) is 55.1 Å². The molecule has 55 heavy (non-hydrogen) atoms. The van der Waals surface area contributed by atoms with Crippen molar-refractivity contribution in [1.29, 1.82) is 0 Å². The number of hydrogen-bond donors (Lipinski definition) is 0. The highest BCUT2D eigenvalue weighted by Crippen LogP contribution is 2.48. The molecule has 0 aliphatic rings. The lowest BCUT2D eigenvalue weighted by Gasteiger charge is -2.27. The molecule has 5 nitrogen and oxygen atoms in total. The summed E-state index contributed by atoms with van der Waals surface area (Å²) in [6, 6.07) is 63.3. The number of para-hydroxylation sites is 1. The van der Waals surface area contributed by atoms with Crippen molar-refractivity contribution in [3.63, 3.8) is 0 Å². The van der Waals surface area contributed by atoms with Crippen LogP contribution < -0.4 is 4.90 Å². The van der Waals surface area contributed by atoms with Gasteiger partial charge in [0.15, 0.2) is 17.5 Å². The van der Waals surface area contributed by atoms with Crippen molar-refractivity contribution in [3.05, 3.63) is 182 Å². The fourth-order valence-electron chi connectivity index (χ4n) is 7.73. The lowest BCUT2D eigenvalue weighted by atomic mass is 10.0. The second-order valence-corrected chi connectivity index (χ2v) is 14.6. The molecule has 11 rings (SSSR count). The standard InChI is InChI=1S/C49H30N4OS/c1-4-15-31(16-5-1)47-50-48(32-17-6-2-7-18-32)52-49(51-47)33-27-28-43-39(29-33)40-30-42(35-21-10-11-23-37(35)45(40)54-43)53(34-19-8-3-9-20-34)41-25-14-24-38-36-22-12-13-26-44(36)55-46(38)41/h1-30H. The fourth-order valence-corrected chi connectivity index (χ4v) is 8.94.